The highest BCUT2D eigenvalue weighted by Gasteiger charge is 2.23. The van der Waals surface area contributed by atoms with Crippen LogP contribution in [0.2, 0.25) is 0 Å². The van der Waals surface area contributed by atoms with Gasteiger partial charge >= 0.3 is 6.09 Å². The molecule has 0 spiro atoms. The number of carbonyl (C=O) groups excluding carboxylic acids is 2. The van der Waals surface area contributed by atoms with E-state index in [1.54, 1.807) is 30.0 Å². The second kappa shape index (κ2) is 9.91. The number of amides is 2. The molecule has 1 heterocycles. The molecule has 0 aromatic heterocycles. The van der Waals surface area contributed by atoms with E-state index in [2.05, 4.69) is 10.6 Å². The molecule has 2 aromatic carbocycles. The lowest BCUT2D eigenvalue weighted by molar-refractivity contribution is -0.115. The SMILES string of the molecule is CCOC(=O)N1CCC(Nc2ccc(NC(=O)Cc3ccccc3F)cc2)CC1. The van der Waals surface area contributed by atoms with Gasteiger partial charge in [-0.3, -0.25) is 4.79 Å². The number of nitrogens with one attached hydrogen (secondary N) is 2. The predicted octanol–water partition coefficient (Wildman–Crippen LogP) is 4.04. The van der Waals surface area contributed by atoms with Crippen molar-refractivity contribution in [3.63, 3.8) is 0 Å². The first-order valence-corrected chi connectivity index (χ1v) is 9.86. The number of likely N-dealkylation sites (tertiary alicyclic amines) is 1. The summed E-state index contributed by atoms with van der Waals surface area (Å²) in [6.07, 6.45) is 1.44. The van der Waals surface area contributed by atoms with Gasteiger partial charge in [-0.2, -0.15) is 0 Å². The highest BCUT2D eigenvalue weighted by atomic mass is 19.1. The lowest BCUT2D eigenvalue weighted by Crippen LogP contribution is -2.42. The molecule has 0 unspecified atom stereocenters. The van der Waals surface area contributed by atoms with Crippen molar-refractivity contribution in [1.82, 2.24) is 4.90 Å². The van der Waals surface area contributed by atoms with Crippen LogP contribution in [0.3, 0.4) is 0 Å². The van der Waals surface area contributed by atoms with E-state index in [0.717, 1.165) is 18.5 Å². The van der Waals surface area contributed by atoms with Gasteiger partial charge in [-0.1, -0.05) is 18.2 Å². The Morgan fingerprint density at radius 3 is 2.38 bits per heavy atom. The number of ether oxygens (including phenoxy) is 1. The van der Waals surface area contributed by atoms with Crippen LogP contribution in [-0.2, 0) is 16.0 Å². The van der Waals surface area contributed by atoms with Crippen LogP contribution < -0.4 is 10.6 Å². The van der Waals surface area contributed by atoms with Crippen LogP contribution in [0.4, 0.5) is 20.6 Å². The summed E-state index contributed by atoms with van der Waals surface area (Å²) in [7, 11) is 0. The number of rotatable bonds is 6. The molecule has 1 aliphatic heterocycles. The number of piperidine rings is 1. The molecule has 3 rings (SSSR count). The summed E-state index contributed by atoms with van der Waals surface area (Å²) in [5.74, 6) is -0.640. The van der Waals surface area contributed by atoms with E-state index in [9.17, 15) is 14.0 Å². The molecule has 7 heteroatoms. The van der Waals surface area contributed by atoms with Crippen molar-refractivity contribution >= 4 is 23.4 Å². The quantitative estimate of drug-likeness (QED) is 0.769. The van der Waals surface area contributed by atoms with Crippen LogP contribution in [-0.4, -0.2) is 42.6 Å². The van der Waals surface area contributed by atoms with E-state index in [4.69, 9.17) is 4.74 Å². The van der Waals surface area contributed by atoms with Crippen molar-refractivity contribution in [1.29, 1.82) is 0 Å². The Balaban J connectivity index is 1.46. The maximum Gasteiger partial charge on any atom is 0.409 e. The molecule has 2 N–H and O–H groups in total. The van der Waals surface area contributed by atoms with Gasteiger partial charge < -0.3 is 20.3 Å². The first kappa shape index (κ1) is 20.6. The van der Waals surface area contributed by atoms with Gasteiger partial charge in [0.05, 0.1) is 13.0 Å². The molecule has 2 aromatic rings. The maximum absolute atomic E-state index is 13.7. The Morgan fingerprint density at radius 1 is 1.07 bits per heavy atom. The van der Waals surface area contributed by atoms with E-state index in [1.807, 2.05) is 24.3 Å². The second-order valence-electron chi connectivity index (χ2n) is 7.00. The van der Waals surface area contributed by atoms with Gasteiger partial charge in [-0.25, -0.2) is 9.18 Å². The van der Waals surface area contributed by atoms with Crippen molar-refractivity contribution in [3.8, 4) is 0 Å². The van der Waals surface area contributed by atoms with Crippen molar-refractivity contribution in [3.05, 3.63) is 59.9 Å². The van der Waals surface area contributed by atoms with Gasteiger partial charge in [0.15, 0.2) is 0 Å². The number of nitrogens with zero attached hydrogens (tertiary/aromatic N) is 1. The molecule has 29 heavy (non-hydrogen) atoms. The second-order valence-corrected chi connectivity index (χ2v) is 7.00. The number of anilines is 2. The normalized spacial score (nSPS) is 14.3. The van der Waals surface area contributed by atoms with E-state index in [1.165, 1.54) is 6.07 Å². The number of carbonyl (C=O) groups is 2. The fourth-order valence-electron chi connectivity index (χ4n) is 3.33. The third kappa shape index (κ3) is 5.94. The first-order valence-electron chi connectivity index (χ1n) is 9.86. The van der Waals surface area contributed by atoms with Gasteiger partial charge in [0, 0.05) is 30.5 Å². The summed E-state index contributed by atoms with van der Waals surface area (Å²) in [6.45, 7) is 3.53. The zero-order chi connectivity index (χ0) is 20.6. The molecule has 0 bridgehead atoms. The minimum absolute atomic E-state index is 0.00822. The van der Waals surface area contributed by atoms with Crippen molar-refractivity contribution < 1.29 is 18.7 Å². The zero-order valence-electron chi connectivity index (χ0n) is 16.5. The summed E-state index contributed by atoms with van der Waals surface area (Å²) < 4.78 is 18.7. The molecule has 1 aliphatic rings. The molecular weight excluding hydrogens is 373 g/mol. The number of hydrogen-bond acceptors (Lipinski definition) is 4. The number of hydrogen-bond donors (Lipinski definition) is 2. The van der Waals surface area contributed by atoms with Crippen LogP contribution in [0.15, 0.2) is 48.5 Å². The third-order valence-electron chi connectivity index (χ3n) is 4.87. The predicted molar refractivity (Wildman–Crippen MR) is 110 cm³/mol. The highest BCUT2D eigenvalue weighted by molar-refractivity contribution is 5.92. The van der Waals surface area contributed by atoms with Gasteiger partial charge in [0.25, 0.3) is 0 Å². The van der Waals surface area contributed by atoms with E-state index < -0.39 is 0 Å². The van der Waals surface area contributed by atoms with E-state index >= 15 is 0 Å². The highest BCUT2D eigenvalue weighted by Crippen LogP contribution is 2.19. The summed E-state index contributed by atoms with van der Waals surface area (Å²) >= 11 is 0. The van der Waals surface area contributed by atoms with Gasteiger partial charge in [0.2, 0.25) is 5.91 Å². The minimum Gasteiger partial charge on any atom is -0.450 e. The van der Waals surface area contributed by atoms with E-state index in [-0.39, 0.29) is 30.3 Å². The first-order chi connectivity index (χ1) is 14.0. The Labute approximate surface area is 170 Å². The van der Waals surface area contributed by atoms with Crippen molar-refractivity contribution in [2.24, 2.45) is 0 Å². The van der Waals surface area contributed by atoms with Gasteiger partial charge in [0.1, 0.15) is 5.82 Å². The standard InChI is InChI=1S/C22H26FN3O3/c1-2-29-22(28)26-13-11-19(12-14-26)24-17-7-9-18(10-8-17)25-21(27)15-16-5-3-4-6-20(16)23/h3-10,19,24H,2,11-15H2,1H3,(H,25,27). The molecule has 2 amide bonds. The van der Waals surface area contributed by atoms with Crippen LogP contribution in [0, 0.1) is 5.82 Å². The number of benzene rings is 2. The fourth-order valence-corrected chi connectivity index (χ4v) is 3.33. The average Bonchev–Trinajstić information content (AvgIpc) is 2.72. The fraction of sp³-hybridized carbons (Fsp3) is 0.364. The van der Waals surface area contributed by atoms with Crippen LogP contribution >= 0.6 is 0 Å². The van der Waals surface area contributed by atoms with Crippen LogP contribution in [0.25, 0.3) is 0 Å². The summed E-state index contributed by atoms with van der Waals surface area (Å²) in [6, 6.07) is 14.0. The summed E-state index contributed by atoms with van der Waals surface area (Å²) in [5.41, 5.74) is 1.98. The molecule has 154 valence electrons. The summed E-state index contributed by atoms with van der Waals surface area (Å²) in [5, 5.41) is 6.25. The molecular formula is C22H26FN3O3. The molecule has 0 aliphatic carbocycles. The summed E-state index contributed by atoms with van der Waals surface area (Å²) in [4.78, 5) is 25.6. The molecule has 0 saturated carbocycles. The molecule has 6 nitrogen and oxygen atoms in total. The lowest BCUT2D eigenvalue weighted by Gasteiger charge is -2.32. The van der Waals surface area contributed by atoms with Crippen molar-refractivity contribution in [2.75, 3.05) is 30.3 Å². The van der Waals surface area contributed by atoms with Crippen LogP contribution in [0.5, 0.6) is 0 Å². The third-order valence-corrected chi connectivity index (χ3v) is 4.87. The average molecular weight is 399 g/mol. The Hall–Kier alpha value is -3.09. The topological polar surface area (TPSA) is 70.7 Å². The smallest absolute Gasteiger partial charge is 0.409 e. The minimum atomic E-state index is -0.379. The molecule has 1 saturated heterocycles. The zero-order valence-corrected chi connectivity index (χ0v) is 16.5. The Bertz CT molecular complexity index is 833. The molecule has 0 radical (unpaired) electrons. The molecule has 0 atom stereocenters. The lowest BCUT2D eigenvalue weighted by atomic mass is 10.0. The van der Waals surface area contributed by atoms with Gasteiger partial charge in [-0.15, -0.1) is 0 Å². The number of halogens is 1. The maximum atomic E-state index is 13.7. The largest absolute Gasteiger partial charge is 0.450 e. The van der Waals surface area contributed by atoms with Crippen LogP contribution in [0.1, 0.15) is 25.3 Å². The Kier molecular flexibility index (Phi) is 7.05. The monoisotopic (exact) mass is 399 g/mol. The Morgan fingerprint density at radius 2 is 1.72 bits per heavy atom. The molecule has 1 fully saturated rings. The van der Waals surface area contributed by atoms with Gasteiger partial charge in [-0.05, 0) is 55.7 Å². The van der Waals surface area contributed by atoms with Crippen molar-refractivity contribution in [2.45, 2.75) is 32.2 Å². The van der Waals surface area contributed by atoms with E-state index in [0.29, 0.717) is 30.9 Å².